The summed E-state index contributed by atoms with van der Waals surface area (Å²) in [5.74, 6) is -1.54. The fourth-order valence-corrected chi connectivity index (χ4v) is 4.95. The minimum absolute atomic E-state index is 0.0488. The zero-order chi connectivity index (χ0) is 32.6. The lowest BCUT2D eigenvalue weighted by atomic mass is 9.99. The zero-order valence-electron chi connectivity index (χ0n) is 27.0. The molecule has 0 heterocycles. The summed E-state index contributed by atoms with van der Waals surface area (Å²) >= 11 is 0. The van der Waals surface area contributed by atoms with Gasteiger partial charge in [0.1, 0.15) is 0 Å². The van der Waals surface area contributed by atoms with Crippen molar-refractivity contribution in [3.8, 4) is 0 Å². The molecule has 5 N–H and O–H groups in total. The van der Waals surface area contributed by atoms with Crippen molar-refractivity contribution in [1.29, 1.82) is 0 Å². The van der Waals surface area contributed by atoms with Crippen LogP contribution in [0.3, 0.4) is 0 Å². The van der Waals surface area contributed by atoms with E-state index in [0.29, 0.717) is 32.5 Å². The predicted molar refractivity (Wildman–Crippen MR) is 173 cm³/mol. The second-order valence-electron chi connectivity index (χ2n) is 11.7. The van der Waals surface area contributed by atoms with Gasteiger partial charge in [-0.3, -0.25) is 24.6 Å². The van der Waals surface area contributed by atoms with Gasteiger partial charge in [0.2, 0.25) is 11.8 Å². The van der Waals surface area contributed by atoms with Crippen molar-refractivity contribution in [2.45, 2.75) is 85.3 Å². The van der Waals surface area contributed by atoms with Gasteiger partial charge in [0, 0.05) is 49.3 Å². The molecule has 2 aromatic rings. The van der Waals surface area contributed by atoms with Crippen LogP contribution in [-0.2, 0) is 11.2 Å². The maximum absolute atomic E-state index is 13.7. The maximum atomic E-state index is 13.7. The first-order valence-electron chi connectivity index (χ1n) is 15.8. The lowest BCUT2D eigenvalue weighted by Crippen LogP contribution is -2.53. The van der Waals surface area contributed by atoms with E-state index in [1.165, 1.54) is 18.2 Å². The van der Waals surface area contributed by atoms with E-state index in [1.807, 2.05) is 65.0 Å². The highest BCUT2D eigenvalue weighted by atomic mass is 16.3. The molecule has 2 unspecified atom stereocenters. The van der Waals surface area contributed by atoms with Crippen LogP contribution < -0.4 is 16.5 Å². The number of hydrogen-bond acceptors (Lipinski definition) is 6. The summed E-state index contributed by atoms with van der Waals surface area (Å²) in [6.45, 7) is 11.7. The second kappa shape index (κ2) is 18.8. The summed E-state index contributed by atoms with van der Waals surface area (Å²) < 4.78 is 0. The number of rotatable bonds is 19. The van der Waals surface area contributed by atoms with E-state index in [4.69, 9.17) is 5.73 Å². The molecule has 0 aromatic heterocycles. The summed E-state index contributed by atoms with van der Waals surface area (Å²) in [6, 6.07) is 13.0. The Morgan fingerprint density at radius 3 is 2.05 bits per heavy atom. The summed E-state index contributed by atoms with van der Waals surface area (Å²) in [7, 11) is 0. The number of benzene rings is 2. The van der Waals surface area contributed by atoms with Gasteiger partial charge in [0.25, 0.3) is 11.8 Å². The number of hydrazine groups is 1. The molecule has 0 bridgehead atoms. The van der Waals surface area contributed by atoms with Gasteiger partial charge in [0.15, 0.2) is 0 Å². The van der Waals surface area contributed by atoms with E-state index < -0.39 is 24.0 Å². The Labute approximate surface area is 262 Å². The first kappa shape index (κ1) is 36.4. The quantitative estimate of drug-likeness (QED) is 0.178. The molecule has 0 saturated carbocycles. The standard InChI is InChI=1S/C34H51N5O5/c1-6-9-17-39(37-31(41)18-24(4)5)23-30(40)29(19-25-13-11-10-12-14-25)36-33(43)27-20-26(32(35)42)21-28(22-27)34(44)38(15-7-2)16-8-3/h10-14,20-22,24,29-30,40H,6-9,15-19,23H2,1-5H3,(H2,35,42)(H,36,43)(H,37,41). The van der Waals surface area contributed by atoms with Crippen molar-refractivity contribution in [2.75, 3.05) is 26.2 Å². The number of carbonyl (C=O) groups is 4. The number of amides is 4. The summed E-state index contributed by atoms with van der Waals surface area (Å²) in [5, 5.41) is 16.1. The third-order valence-electron chi connectivity index (χ3n) is 7.15. The van der Waals surface area contributed by atoms with Gasteiger partial charge in [-0.1, -0.05) is 71.4 Å². The Morgan fingerprint density at radius 2 is 1.48 bits per heavy atom. The van der Waals surface area contributed by atoms with Crippen molar-refractivity contribution < 1.29 is 24.3 Å². The van der Waals surface area contributed by atoms with Gasteiger partial charge in [0.05, 0.1) is 12.1 Å². The second-order valence-corrected chi connectivity index (χ2v) is 11.7. The highest BCUT2D eigenvalue weighted by Crippen LogP contribution is 2.16. The lowest BCUT2D eigenvalue weighted by Gasteiger charge is -2.30. The van der Waals surface area contributed by atoms with Crippen molar-refractivity contribution in [3.05, 3.63) is 70.8 Å². The Kier molecular flexibility index (Phi) is 15.6. The minimum atomic E-state index is -1.06. The third kappa shape index (κ3) is 12.1. The number of aliphatic hydroxyl groups excluding tert-OH is 1. The first-order chi connectivity index (χ1) is 21.0. The number of nitrogens with one attached hydrogen (secondary N) is 2. The molecule has 2 rings (SSSR count). The average Bonchev–Trinajstić information content (AvgIpc) is 2.98. The van der Waals surface area contributed by atoms with Gasteiger partial charge in [-0.05, 0) is 55.4 Å². The molecule has 0 radical (unpaired) electrons. The molecular formula is C34H51N5O5. The largest absolute Gasteiger partial charge is 0.390 e. The molecule has 0 aliphatic rings. The van der Waals surface area contributed by atoms with Gasteiger partial charge < -0.3 is 21.1 Å². The number of unbranched alkanes of at least 4 members (excludes halogenated alkanes) is 1. The number of nitrogens with zero attached hydrogens (tertiary/aromatic N) is 2. The normalized spacial score (nSPS) is 12.5. The van der Waals surface area contributed by atoms with Crippen LogP contribution >= 0.6 is 0 Å². The maximum Gasteiger partial charge on any atom is 0.253 e. The number of primary amides is 1. The molecule has 4 amide bonds. The van der Waals surface area contributed by atoms with Gasteiger partial charge in [-0.25, -0.2) is 5.01 Å². The molecule has 10 nitrogen and oxygen atoms in total. The fourth-order valence-electron chi connectivity index (χ4n) is 4.95. The van der Waals surface area contributed by atoms with Crippen molar-refractivity contribution in [3.63, 3.8) is 0 Å². The van der Waals surface area contributed by atoms with E-state index in [0.717, 1.165) is 31.2 Å². The molecule has 2 aromatic carbocycles. The first-order valence-corrected chi connectivity index (χ1v) is 15.8. The highest BCUT2D eigenvalue weighted by molar-refractivity contribution is 6.04. The Bertz CT molecular complexity index is 1210. The van der Waals surface area contributed by atoms with Crippen LogP contribution in [-0.4, -0.2) is 77.0 Å². The number of nitrogens with two attached hydrogens (primary N) is 1. The van der Waals surface area contributed by atoms with Crippen LogP contribution in [0.2, 0.25) is 0 Å². The zero-order valence-corrected chi connectivity index (χ0v) is 27.0. The molecule has 0 aliphatic carbocycles. The molecule has 0 spiro atoms. The van der Waals surface area contributed by atoms with Crippen LogP contribution in [0.5, 0.6) is 0 Å². The average molecular weight is 610 g/mol. The highest BCUT2D eigenvalue weighted by Gasteiger charge is 2.27. The minimum Gasteiger partial charge on any atom is -0.390 e. The van der Waals surface area contributed by atoms with Crippen LogP contribution in [0.25, 0.3) is 0 Å². The molecular weight excluding hydrogens is 558 g/mol. The van der Waals surface area contributed by atoms with Crippen LogP contribution in [0.4, 0.5) is 0 Å². The van der Waals surface area contributed by atoms with Crippen molar-refractivity contribution >= 4 is 23.6 Å². The molecule has 44 heavy (non-hydrogen) atoms. The molecule has 0 saturated heterocycles. The molecule has 2 atom stereocenters. The molecule has 0 fully saturated rings. The molecule has 242 valence electrons. The number of hydrogen-bond donors (Lipinski definition) is 4. The monoisotopic (exact) mass is 609 g/mol. The topological polar surface area (TPSA) is 145 Å². The predicted octanol–water partition coefficient (Wildman–Crippen LogP) is 3.93. The van der Waals surface area contributed by atoms with E-state index in [-0.39, 0.29) is 41.0 Å². The number of aliphatic hydroxyl groups is 1. The Balaban J connectivity index is 2.39. The lowest BCUT2D eigenvalue weighted by molar-refractivity contribution is -0.127. The van der Waals surface area contributed by atoms with E-state index >= 15 is 0 Å². The molecule has 10 heteroatoms. The van der Waals surface area contributed by atoms with Gasteiger partial charge >= 0.3 is 0 Å². The van der Waals surface area contributed by atoms with Crippen LogP contribution in [0, 0.1) is 5.92 Å². The summed E-state index contributed by atoms with van der Waals surface area (Å²) in [4.78, 5) is 53.5. The van der Waals surface area contributed by atoms with E-state index in [9.17, 15) is 24.3 Å². The Morgan fingerprint density at radius 1 is 0.864 bits per heavy atom. The summed E-state index contributed by atoms with van der Waals surface area (Å²) in [5.41, 5.74) is 9.75. The van der Waals surface area contributed by atoms with E-state index in [2.05, 4.69) is 10.7 Å². The fraction of sp³-hybridized carbons (Fsp3) is 0.529. The SMILES string of the molecule is CCCCN(CC(O)C(Cc1ccccc1)NC(=O)c1cc(C(N)=O)cc(C(=O)N(CCC)CCC)c1)NC(=O)CC(C)C. The third-order valence-corrected chi connectivity index (χ3v) is 7.15. The Hall–Kier alpha value is -3.76. The van der Waals surface area contributed by atoms with Gasteiger partial charge in [-0.2, -0.15) is 0 Å². The number of carbonyl (C=O) groups excluding carboxylic acids is 4. The van der Waals surface area contributed by atoms with Crippen molar-refractivity contribution in [2.24, 2.45) is 11.7 Å². The van der Waals surface area contributed by atoms with Gasteiger partial charge in [-0.15, -0.1) is 0 Å². The molecule has 0 aliphatic heterocycles. The smallest absolute Gasteiger partial charge is 0.253 e. The summed E-state index contributed by atoms with van der Waals surface area (Å²) in [6.07, 6.45) is 2.86. The van der Waals surface area contributed by atoms with E-state index in [1.54, 1.807) is 9.91 Å². The van der Waals surface area contributed by atoms with Crippen LogP contribution in [0.1, 0.15) is 103 Å². The van der Waals surface area contributed by atoms with Crippen LogP contribution in [0.15, 0.2) is 48.5 Å². The van der Waals surface area contributed by atoms with Crippen molar-refractivity contribution in [1.82, 2.24) is 20.7 Å².